The van der Waals surface area contributed by atoms with Crippen LogP contribution in [0.2, 0.25) is 0 Å². The number of pyridine rings is 1. The van der Waals surface area contributed by atoms with E-state index in [1.165, 1.54) is 24.3 Å². The third kappa shape index (κ3) is 4.53. The highest BCUT2D eigenvalue weighted by atomic mass is 32.2. The summed E-state index contributed by atoms with van der Waals surface area (Å²) >= 11 is 0.976. The fraction of sp³-hybridized carbons (Fsp3) is 0.227. The van der Waals surface area contributed by atoms with Gasteiger partial charge < -0.3 is 20.7 Å². The molecule has 0 saturated carbocycles. The lowest BCUT2D eigenvalue weighted by Crippen LogP contribution is -2.33. The van der Waals surface area contributed by atoms with Gasteiger partial charge in [-0.05, 0) is 24.3 Å². The number of H-pyrrole nitrogens is 1. The van der Waals surface area contributed by atoms with Crippen molar-refractivity contribution in [3.8, 4) is 23.3 Å². The number of benzene rings is 1. The van der Waals surface area contributed by atoms with Crippen molar-refractivity contribution in [3.63, 3.8) is 0 Å². The maximum absolute atomic E-state index is 13.3. The number of nitrogen functional groups attached to an aromatic ring is 1. The van der Waals surface area contributed by atoms with Gasteiger partial charge in [-0.2, -0.15) is 10.5 Å². The lowest BCUT2D eigenvalue weighted by atomic mass is 9.99. The van der Waals surface area contributed by atoms with E-state index in [-0.39, 0.29) is 39.5 Å². The second-order valence-electron chi connectivity index (χ2n) is 7.53. The van der Waals surface area contributed by atoms with E-state index >= 15 is 0 Å². The average Bonchev–Trinajstić information content (AvgIpc) is 3.20. The van der Waals surface area contributed by atoms with Gasteiger partial charge in [0.05, 0.1) is 23.8 Å². The molecule has 1 saturated heterocycles. The van der Waals surface area contributed by atoms with Gasteiger partial charge >= 0.3 is 5.69 Å². The Bertz CT molecular complexity index is 1490. The van der Waals surface area contributed by atoms with E-state index in [1.54, 1.807) is 0 Å². The van der Waals surface area contributed by atoms with Crippen molar-refractivity contribution in [3.05, 3.63) is 68.2 Å². The first-order valence-corrected chi connectivity index (χ1v) is 11.0. The summed E-state index contributed by atoms with van der Waals surface area (Å²) in [4.78, 5) is 32.1. The number of nitrogens with one attached hydrogen (secondary N) is 1. The van der Waals surface area contributed by atoms with Crippen molar-refractivity contribution in [1.29, 1.82) is 10.5 Å². The van der Waals surface area contributed by atoms with Crippen LogP contribution in [0, 0.1) is 28.5 Å². The Labute approximate surface area is 200 Å². The van der Waals surface area contributed by atoms with E-state index in [0.29, 0.717) is 4.90 Å². The first-order chi connectivity index (χ1) is 16.8. The van der Waals surface area contributed by atoms with E-state index in [1.807, 2.05) is 12.1 Å². The van der Waals surface area contributed by atoms with E-state index < -0.39 is 42.1 Å². The number of nitriles is 2. The molecule has 11 nitrogen and oxygen atoms in total. The number of aliphatic hydroxyl groups is 2. The number of aromatic amines is 1. The standard InChI is InChI=1S/C22H17FN6O5S/c23-10-1-3-11(4-2-10)35-21-13(7-25)18(12(6-24)19(26)27-21)14-8-29(22(33)28-20(14)32)17-5-15(31)16(9-30)34-17/h1-4,8,15-17,30-31H,5,9H2,(H2,26,27)(H,28,32,33)/t15?,16-,17-/m1/s1. The minimum Gasteiger partial charge on any atom is -0.394 e. The topological polar surface area (TPSA) is 191 Å². The minimum atomic E-state index is -1.05. The van der Waals surface area contributed by atoms with Crippen molar-refractivity contribution in [1.82, 2.24) is 14.5 Å². The van der Waals surface area contributed by atoms with Crippen LogP contribution < -0.4 is 17.0 Å². The third-order valence-corrected chi connectivity index (χ3v) is 6.37. The average molecular weight is 496 g/mol. The number of nitrogens with two attached hydrogens (primary N) is 1. The monoisotopic (exact) mass is 496 g/mol. The summed E-state index contributed by atoms with van der Waals surface area (Å²) < 4.78 is 19.8. The van der Waals surface area contributed by atoms with E-state index in [0.717, 1.165) is 22.5 Å². The molecule has 5 N–H and O–H groups in total. The zero-order valence-electron chi connectivity index (χ0n) is 17.8. The number of aliphatic hydroxyl groups excluding tert-OH is 2. The van der Waals surface area contributed by atoms with Crippen LogP contribution in [0.4, 0.5) is 10.2 Å². The molecule has 1 aliphatic heterocycles. The van der Waals surface area contributed by atoms with Crippen LogP contribution in [0.25, 0.3) is 11.1 Å². The van der Waals surface area contributed by atoms with Crippen LogP contribution >= 0.6 is 11.8 Å². The van der Waals surface area contributed by atoms with Crippen LogP contribution in [-0.2, 0) is 4.74 Å². The molecule has 3 heterocycles. The van der Waals surface area contributed by atoms with Gasteiger partial charge in [-0.15, -0.1) is 0 Å². The minimum absolute atomic E-state index is 0.0447. The molecule has 1 fully saturated rings. The fourth-order valence-electron chi connectivity index (χ4n) is 3.68. The van der Waals surface area contributed by atoms with Crippen LogP contribution in [0.5, 0.6) is 0 Å². The van der Waals surface area contributed by atoms with Crippen molar-refractivity contribution < 1.29 is 19.3 Å². The molecular weight excluding hydrogens is 479 g/mol. The van der Waals surface area contributed by atoms with E-state index in [9.17, 15) is 34.7 Å². The lowest BCUT2D eigenvalue weighted by Gasteiger charge is -2.17. The second-order valence-corrected chi connectivity index (χ2v) is 8.59. The maximum Gasteiger partial charge on any atom is 0.330 e. The highest BCUT2D eigenvalue weighted by Crippen LogP contribution is 2.37. The predicted octanol–water partition coefficient (Wildman–Crippen LogP) is 0.855. The van der Waals surface area contributed by atoms with Crippen molar-refractivity contribution in [2.45, 2.75) is 34.8 Å². The van der Waals surface area contributed by atoms with Crippen molar-refractivity contribution in [2.75, 3.05) is 12.3 Å². The largest absolute Gasteiger partial charge is 0.394 e. The summed E-state index contributed by atoms with van der Waals surface area (Å²) in [6, 6.07) is 9.16. The SMILES string of the molecule is N#Cc1c(N)nc(Sc2ccc(F)cc2)c(C#N)c1-c1cn([C@H]2CC(O)[C@@H](CO)O2)c(=O)[nH]c1=O. The summed E-state index contributed by atoms with van der Waals surface area (Å²) in [5, 5.41) is 39.1. The molecule has 3 atom stereocenters. The van der Waals surface area contributed by atoms with Gasteiger partial charge in [-0.3, -0.25) is 14.3 Å². The normalized spacial score (nSPS) is 19.3. The first-order valence-electron chi connectivity index (χ1n) is 10.1. The Kier molecular flexibility index (Phi) is 6.68. The quantitative estimate of drug-likeness (QED) is 0.394. The molecule has 0 radical (unpaired) electrons. The number of aromatic nitrogens is 3. The molecule has 1 aromatic carbocycles. The number of halogens is 1. The van der Waals surface area contributed by atoms with Gasteiger partial charge in [-0.25, -0.2) is 14.2 Å². The number of hydrogen-bond donors (Lipinski definition) is 4. The van der Waals surface area contributed by atoms with Gasteiger partial charge in [0.25, 0.3) is 5.56 Å². The van der Waals surface area contributed by atoms with Crippen LogP contribution in [0.1, 0.15) is 23.8 Å². The number of hydrogen-bond acceptors (Lipinski definition) is 10. The van der Waals surface area contributed by atoms with Crippen molar-refractivity contribution >= 4 is 17.6 Å². The Morgan fingerprint density at radius 1 is 1.26 bits per heavy atom. The summed E-state index contributed by atoms with van der Waals surface area (Å²) in [6.45, 7) is -0.482. The molecule has 178 valence electrons. The molecule has 1 unspecified atom stereocenters. The van der Waals surface area contributed by atoms with Gasteiger partial charge in [-0.1, -0.05) is 11.8 Å². The van der Waals surface area contributed by atoms with Crippen molar-refractivity contribution in [2.24, 2.45) is 0 Å². The van der Waals surface area contributed by atoms with Crippen LogP contribution in [0.3, 0.4) is 0 Å². The summed E-state index contributed by atoms with van der Waals surface area (Å²) in [5.74, 6) is -0.713. The Morgan fingerprint density at radius 3 is 2.54 bits per heavy atom. The Balaban J connectivity index is 1.91. The number of rotatable bonds is 5. The van der Waals surface area contributed by atoms with E-state index in [4.69, 9.17) is 10.5 Å². The number of nitrogens with zero attached hydrogens (tertiary/aromatic N) is 4. The molecule has 1 aliphatic rings. The summed E-state index contributed by atoms with van der Waals surface area (Å²) in [7, 11) is 0. The zero-order chi connectivity index (χ0) is 25.3. The van der Waals surface area contributed by atoms with Crippen LogP contribution in [0.15, 0.2) is 50.0 Å². The first kappa shape index (κ1) is 24.1. The smallest absolute Gasteiger partial charge is 0.330 e. The van der Waals surface area contributed by atoms with Gasteiger partial charge in [0.2, 0.25) is 0 Å². The second kappa shape index (κ2) is 9.69. The highest BCUT2D eigenvalue weighted by molar-refractivity contribution is 7.99. The zero-order valence-corrected chi connectivity index (χ0v) is 18.6. The fourth-order valence-corrected chi connectivity index (χ4v) is 4.57. The van der Waals surface area contributed by atoms with Gasteiger partial charge in [0.1, 0.15) is 46.7 Å². The Morgan fingerprint density at radius 2 is 1.94 bits per heavy atom. The molecule has 13 heteroatoms. The molecule has 4 rings (SSSR count). The van der Waals surface area contributed by atoms with Gasteiger partial charge in [0.15, 0.2) is 0 Å². The predicted molar refractivity (Wildman–Crippen MR) is 121 cm³/mol. The maximum atomic E-state index is 13.3. The summed E-state index contributed by atoms with van der Waals surface area (Å²) in [5.41, 5.74) is 3.48. The molecule has 3 aromatic rings. The Hall–Kier alpha value is -4.01. The molecular formula is C22H17FN6O5S. The summed E-state index contributed by atoms with van der Waals surface area (Å²) in [6.07, 6.45) is -1.93. The molecule has 35 heavy (non-hydrogen) atoms. The molecule has 0 amide bonds. The van der Waals surface area contributed by atoms with Crippen LogP contribution in [-0.4, -0.2) is 43.6 Å². The molecule has 2 aromatic heterocycles. The van der Waals surface area contributed by atoms with Gasteiger partial charge in [0, 0.05) is 23.1 Å². The molecule has 0 bridgehead atoms. The lowest BCUT2D eigenvalue weighted by molar-refractivity contribution is -0.0458. The molecule has 0 spiro atoms. The number of anilines is 1. The number of ether oxygens (including phenoxy) is 1. The van der Waals surface area contributed by atoms with E-state index in [2.05, 4.69) is 9.97 Å². The highest BCUT2D eigenvalue weighted by Gasteiger charge is 2.35. The third-order valence-electron chi connectivity index (χ3n) is 5.38. The molecule has 0 aliphatic carbocycles.